The van der Waals surface area contributed by atoms with Crippen LogP contribution in [-0.4, -0.2) is 40.3 Å². The first kappa shape index (κ1) is 22.6. The molecular weight excluding hydrogens is 444 g/mol. The monoisotopic (exact) mass is 468 g/mol. The minimum atomic E-state index is -0.534. The van der Waals surface area contributed by atoms with E-state index in [0.29, 0.717) is 34.7 Å². The number of nitrogens with zero attached hydrogens (tertiary/aromatic N) is 3. The number of hydrogen-bond acceptors (Lipinski definition) is 5. The molecule has 166 valence electrons. The van der Waals surface area contributed by atoms with E-state index in [9.17, 15) is 9.59 Å². The van der Waals surface area contributed by atoms with E-state index in [1.165, 1.54) is 11.8 Å². The molecular formula is C24H25ClN4O2S. The Labute approximate surface area is 197 Å². The second kappa shape index (κ2) is 10.3. The molecule has 2 heterocycles. The molecule has 0 saturated carbocycles. The lowest BCUT2D eigenvalue weighted by atomic mass is 10.1. The van der Waals surface area contributed by atoms with Gasteiger partial charge in [0.1, 0.15) is 11.9 Å². The van der Waals surface area contributed by atoms with E-state index in [0.717, 1.165) is 29.7 Å². The fraction of sp³-hybridized carbons (Fsp3) is 0.333. The summed E-state index contributed by atoms with van der Waals surface area (Å²) in [6, 6.07) is 14.8. The molecule has 2 aromatic carbocycles. The van der Waals surface area contributed by atoms with Crippen molar-refractivity contribution in [2.75, 3.05) is 6.54 Å². The van der Waals surface area contributed by atoms with E-state index in [2.05, 4.69) is 17.2 Å². The Balaban J connectivity index is 1.55. The van der Waals surface area contributed by atoms with E-state index in [4.69, 9.17) is 16.6 Å². The van der Waals surface area contributed by atoms with Crippen molar-refractivity contribution in [3.8, 4) is 0 Å². The van der Waals surface area contributed by atoms with Gasteiger partial charge in [-0.25, -0.2) is 4.99 Å². The zero-order valence-corrected chi connectivity index (χ0v) is 19.5. The first-order valence-corrected chi connectivity index (χ1v) is 12.2. The Bertz CT molecular complexity index is 1090. The standard InChI is InChI=1S/C24H25ClN4O2S/c1-2-3-14-26-21(30)13-12-20-23(31)28-22-17-9-5-7-11-19(17)27-24(29(20)22)32-15-16-8-4-6-10-18(16)25/h4-11,20H,2-3,12-15H2,1H3,(H,26,30). The lowest BCUT2D eigenvalue weighted by Gasteiger charge is -2.31. The third-order valence-electron chi connectivity index (χ3n) is 5.42. The van der Waals surface area contributed by atoms with Crippen LogP contribution in [0.2, 0.25) is 5.02 Å². The summed E-state index contributed by atoms with van der Waals surface area (Å²) in [6.07, 6.45) is 2.62. The number of hydrogen-bond donors (Lipinski definition) is 1. The number of aliphatic imine (C=N–C) groups is 2. The zero-order chi connectivity index (χ0) is 22.5. The smallest absolute Gasteiger partial charge is 0.270 e. The first-order valence-electron chi connectivity index (χ1n) is 10.8. The van der Waals surface area contributed by atoms with Gasteiger partial charge in [-0.15, -0.1) is 0 Å². The summed E-state index contributed by atoms with van der Waals surface area (Å²) in [5, 5.41) is 4.31. The van der Waals surface area contributed by atoms with Crippen molar-refractivity contribution in [3.63, 3.8) is 0 Å². The molecule has 1 atom stereocenters. The number of amidine groups is 2. The maximum atomic E-state index is 12.9. The third kappa shape index (κ3) is 4.89. The molecule has 32 heavy (non-hydrogen) atoms. The van der Waals surface area contributed by atoms with Gasteiger partial charge in [0.15, 0.2) is 5.17 Å². The van der Waals surface area contributed by atoms with E-state index in [-0.39, 0.29) is 18.2 Å². The molecule has 0 spiro atoms. The molecule has 2 amide bonds. The third-order valence-corrected chi connectivity index (χ3v) is 6.79. The van der Waals surface area contributed by atoms with Crippen molar-refractivity contribution in [1.29, 1.82) is 0 Å². The van der Waals surface area contributed by atoms with Crippen LogP contribution >= 0.6 is 23.4 Å². The maximum absolute atomic E-state index is 12.9. The minimum absolute atomic E-state index is 0.0423. The average Bonchev–Trinajstić information content (AvgIpc) is 3.13. The van der Waals surface area contributed by atoms with Gasteiger partial charge in [0, 0.05) is 29.3 Å². The lowest BCUT2D eigenvalue weighted by Crippen LogP contribution is -2.44. The van der Waals surface area contributed by atoms with Gasteiger partial charge >= 0.3 is 0 Å². The van der Waals surface area contributed by atoms with Gasteiger partial charge in [-0.1, -0.05) is 67.0 Å². The highest BCUT2D eigenvalue weighted by Crippen LogP contribution is 2.36. The highest BCUT2D eigenvalue weighted by atomic mass is 35.5. The van der Waals surface area contributed by atoms with E-state index in [1.807, 2.05) is 53.4 Å². The van der Waals surface area contributed by atoms with Crippen molar-refractivity contribution in [1.82, 2.24) is 10.2 Å². The SMILES string of the molecule is CCCCNC(=O)CCC1C(=O)N=C2c3ccccc3N=C(SCc3ccccc3Cl)N21. The number of thioether (sulfide) groups is 1. The number of benzene rings is 2. The summed E-state index contributed by atoms with van der Waals surface area (Å²) in [4.78, 5) is 36.2. The number of carbonyl (C=O) groups is 2. The van der Waals surface area contributed by atoms with Gasteiger partial charge in [-0.3, -0.25) is 14.5 Å². The Morgan fingerprint density at radius 2 is 1.94 bits per heavy atom. The zero-order valence-electron chi connectivity index (χ0n) is 17.9. The Kier molecular flexibility index (Phi) is 7.27. The van der Waals surface area contributed by atoms with Crippen LogP contribution < -0.4 is 5.32 Å². The van der Waals surface area contributed by atoms with Crippen LogP contribution in [0.15, 0.2) is 58.5 Å². The predicted octanol–water partition coefficient (Wildman–Crippen LogP) is 4.93. The summed E-state index contributed by atoms with van der Waals surface area (Å²) in [7, 11) is 0. The molecule has 1 N–H and O–H groups in total. The number of rotatable bonds is 8. The summed E-state index contributed by atoms with van der Waals surface area (Å²) < 4.78 is 0. The minimum Gasteiger partial charge on any atom is -0.356 e. The first-order chi connectivity index (χ1) is 15.6. The summed E-state index contributed by atoms with van der Waals surface area (Å²) in [5.74, 6) is 0.949. The fourth-order valence-corrected chi connectivity index (χ4v) is 5.03. The largest absolute Gasteiger partial charge is 0.356 e. The number of halogens is 1. The van der Waals surface area contributed by atoms with Crippen LogP contribution in [0.4, 0.5) is 5.69 Å². The highest BCUT2D eigenvalue weighted by Gasteiger charge is 2.41. The van der Waals surface area contributed by atoms with Crippen molar-refractivity contribution >= 4 is 51.9 Å². The fourth-order valence-electron chi connectivity index (χ4n) is 3.69. The van der Waals surface area contributed by atoms with Gasteiger partial charge in [-0.05, 0) is 36.6 Å². The molecule has 4 rings (SSSR count). The molecule has 6 nitrogen and oxygen atoms in total. The molecule has 0 fully saturated rings. The number of fused-ring (bicyclic) bond motifs is 3. The number of unbranched alkanes of at least 4 members (excludes halogenated alkanes) is 1. The quantitative estimate of drug-likeness (QED) is 0.557. The van der Waals surface area contributed by atoms with Gasteiger partial charge in [0.05, 0.1) is 5.69 Å². The normalized spacial score (nSPS) is 16.9. The lowest BCUT2D eigenvalue weighted by molar-refractivity contribution is -0.122. The number of para-hydroxylation sites is 1. The van der Waals surface area contributed by atoms with Crippen molar-refractivity contribution in [2.24, 2.45) is 9.98 Å². The second-order valence-corrected chi connectivity index (χ2v) is 9.04. The number of nitrogens with one attached hydrogen (secondary N) is 1. The van der Waals surface area contributed by atoms with Gasteiger partial charge in [-0.2, -0.15) is 4.99 Å². The Morgan fingerprint density at radius 3 is 2.75 bits per heavy atom. The number of amides is 2. The molecule has 1 unspecified atom stereocenters. The topological polar surface area (TPSA) is 74.1 Å². The van der Waals surface area contributed by atoms with E-state index >= 15 is 0 Å². The maximum Gasteiger partial charge on any atom is 0.270 e. The molecule has 2 aliphatic rings. The average molecular weight is 469 g/mol. The van der Waals surface area contributed by atoms with Crippen LogP contribution in [0, 0.1) is 0 Å². The Hall–Kier alpha value is -2.64. The predicted molar refractivity (Wildman–Crippen MR) is 131 cm³/mol. The number of carbonyl (C=O) groups excluding carboxylic acids is 2. The van der Waals surface area contributed by atoms with Crippen LogP contribution in [0.25, 0.3) is 0 Å². The van der Waals surface area contributed by atoms with Crippen LogP contribution in [0.1, 0.15) is 43.7 Å². The summed E-state index contributed by atoms with van der Waals surface area (Å²) in [5.41, 5.74) is 2.62. The molecule has 0 saturated heterocycles. The molecule has 2 aliphatic heterocycles. The van der Waals surface area contributed by atoms with Gasteiger partial charge < -0.3 is 5.32 Å². The van der Waals surface area contributed by atoms with Crippen molar-refractivity contribution in [3.05, 3.63) is 64.7 Å². The Morgan fingerprint density at radius 1 is 1.16 bits per heavy atom. The molecule has 0 bridgehead atoms. The van der Waals surface area contributed by atoms with Crippen LogP contribution in [0.5, 0.6) is 0 Å². The molecule has 0 aliphatic carbocycles. The van der Waals surface area contributed by atoms with Crippen molar-refractivity contribution in [2.45, 2.75) is 44.4 Å². The molecule has 0 radical (unpaired) electrons. The molecule has 2 aromatic rings. The van der Waals surface area contributed by atoms with Gasteiger partial charge in [0.25, 0.3) is 5.91 Å². The van der Waals surface area contributed by atoms with Crippen LogP contribution in [-0.2, 0) is 15.3 Å². The highest BCUT2D eigenvalue weighted by molar-refractivity contribution is 8.13. The van der Waals surface area contributed by atoms with E-state index in [1.54, 1.807) is 0 Å². The van der Waals surface area contributed by atoms with Gasteiger partial charge in [0.2, 0.25) is 5.91 Å². The molecule has 0 aromatic heterocycles. The van der Waals surface area contributed by atoms with E-state index < -0.39 is 6.04 Å². The molecule has 8 heteroatoms. The van der Waals surface area contributed by atoms with Crippen LogP contribution in [0.3, 0.4) is 0 Å². The summed E-state index contributed by atoms with van der Waals surface area (Å²) >= 11 is 7.85. The second-order valence-electron chi connectivity index (χ2n) is 7.69. The summed E-state index contributed by atoms with van der Waals surface area (Å²) in [6.45, 7) is 2.74. The van der Waals surface area contributed by atoms with Crippen molar-refractivity contribution < 1.29 is 9.59 Å².